The standard InChI is InChI=1S/C18H16BN3O/c1-9-12-4-2-10(6-16(12)22-21-9)14-8-18(14)13-7-11(19)3-5-15(13)20-17(18)23/h2-7,14H,8,19H2,1H3,(H,20,23)(H,21,22)/t14?,18-/m0/s1. The van der Waals surface area contributed by atoms with Crippen molar-refractivity contribution in [1.29, 1.82) is 0 Å². The van der Waals surface area contributed by atoms with Crippen molar-refractivity contribution in [3.05, 3.63) is 53.2 Å². The van der Waals surface area contributed by atoms with Crippen LogP contribution in [0.5, 0.6) is 0 Å². The molecule has 2 heterocycles. The Morgan fingerprint density at radius 3 is 3.00 bits per heavy atom. The summed E-state index contributed by atoms with van der Waals surface area (Å²) < 4.78 is 0. The molecule has 1 spiro atoms. The molecule has 1 fully saturated rings. The second kappa shape index (κ2) is 4.04. The number of nitrogens with zero attached hydrogens (tertiary/aromatic N) is 1. The van der Waals surface area contributed by atoms with Gasteiger partial charge in [-0.15, -0.1) is 0 Å². The topological polar surface area (TPSA) is 57.8 Å². The maximum absolute atomic E-state index is 12.6. The summed E-state index contributed by atoms with van der Waals surface area (Å²) in [6, 6.07) is 12.6. The van der Waals surface area contributed by atoms with Crippen LogP contribution in [0.25, 0.3) is 10.9 Å². The van der Waals surface area contributed by atoms with Crippen molar-refractivity contribution in [3.8, 4) is 0 Å². The molecule has 112 valence electrons. The number of anilines is 1. The predicted molar refractivity (Wildman–Crippen MR) is 93.1 cm³/mol. The van der Waals surface area contributed by atoms with Crippen LogP contribution in [0.1, 0.15) is 29.2 Å². The third-order valence-electron chi connectivity index (χ3n) is 5.45. The van der Waals surface area contributed by atoms with E-state index in [-0.39, 0.29) is 17.2 Å². The molecule has 1 aliphatic carbocycles. The Bertz CT molecular complexity index is 993. The van der Waals surface area contributed by atoms with Gasteiger partial charge in [-0.25, -0.2) is 0 Å². The Labute approximate surface area is 134 Å². The van der Waals surface area contributed by atoms with Gasteiger partial charge in [0.05, 0.1) is 16.6 Å². The number of rotatable bonds is 1. The fourth-order valence-electron chi connectivity index (χ4n) is 4.10. The summed E-state index contributed by atoms with van der Waals surface area (Å²) in [5.74, 6) is 0.391. The van der Waals surface area contributed by atoms with Crippen LogP contribution < -0.4 is 10.8 Å². The average molecular weight is 301 g/mol. The summed E-state index contributed by atoms with van der Waals surface area (Å²) in [4.78, 5) is 12.6. The molecule has 1 aliphatic heterocycles. The molecule has 2 aliphatic rings. The SMILES string of the molecule is Bc1ccc2c(c1)[C@]1(CC1c1ccc3c(C)n[nH]c3c1)C(=O)N2. The monoisotopic (exact) mass is 301 g/mol. The lowest BCUT2D eigenvalue weighted by Gasteiger charge is -2.09. The molecular formula is C18H16BN3O. The van der Waals surface area contributed by atoms with E-state index in [0.717, 1.165) is 34.3 Å². The van der Waals surface area contributed by atoms with Gasteiger partial charge in [-0.1, -0.05) is 29.7 Å². The molecule has 1 saturated carbocycles. The van der Waals surface area contributed by atoms with Crippen molar-refractivity contribution >= 4 is 35.8 Å². The van der Waals surface area contributed by atoms with Crippen LogP contribution >= 0.6 is 0 Å². The van der Waals surface area contributed by atoms with Crippen molar-refractivity contribution in [2.24, 2.45) is 0 Å². The third-order valence-corrected chi connectivity index (χ3v) is 5.45. The number of carbonyl (C=O) groups is 1. The highest BCUT2D eigenvalue weighted by molar-refractivity contribution is 6.32. The molecule has 0 radical (unpaired) electrons. The predicted octanol–water partition coefficient (Wildman–Crippen LogP) is 1.51. The van der Waals surface area contributed by atoms with E-state index in [1.807, 2.05) is 13.0 Å². The number of amides is 1. The molecule has 1 amide bonds. The van der Waals surface area contributed by atoms with Crippen LogP contribution in [0, 0.1) is 6.92 Å². The molecule has 2 atom stereocenters. The van der Waals surface area contributed by atoms with Crippen molar-refractivity contribution in [2.45, 2.75) is 24.7 Å². The van der Waals surface area contributed by atoms with Gasteiger partial charge in [-0.3, -0.25) is 9.89 Å². The van der Waals surface area contributed by atoms with E-state index >= 15 is 0 Å². The number of aryl methyl sites for hydroxylation is 1. The first-order valence-electron chi connectivity index (χ1n) is 7.97. The Hall–Kier alpha value is -2.56. The Morgan fingerprint density at radius 2 is 2.13 bits per heavy atom. The van der Waals surface area contributed by atoms with Gasteiger partial charge >= 0.3 is 0 Å². The smallest absolute Gasteiger partial charge is 0.235 e. The quantitative estimate of drug-likeness (QED) is 0.669. The van der Waals surface area contributed by atoms with Crippen LogP contribution in [0.4, 0.5) is 5.69 Å². The molecule has 2 N–H and O–H groups in total. The van der Waals surface area contributed by atoms with Gasteiger partial charge in [0.15, 0.2) is 0 Å². The number of hydrogen-bond donors (Lipinski definition) is 2. The molecular weight excluding hydrogens is 285 g/mol. The minimum atomic E-state index is -0.371. The van der Waals surface area contributed by atoms with Crippen molar-refractivity contribution in [1.82, 2.24) is 10.2 Å². The molecule has 0 saturated heterocycles. The number of fused-ring (bicyclic) bond motifs is 3. The van der Waals surface area contributed by atoms with E-state index in [2.05, 4.69) is 53.7 Å². The van der Waals surface area contributed by atoms with Gasteiger partial charge in [-0.2, -0.15) is 5.10 Å². The second-order valence-electron chi connectivity index (χ2n) is 6.85. The molecule has 4 nitrogen and oxygen atoms in total. The highest BCUT2D eigenvalue weighted by Crippen LogP contribution is 2.64. The van der Waals surface area contributed by atoms with Gasteiger partial charge in [-0.05, 0) is 36.6 Å². The first-order chi connectivity index (χ1) is 11.1. The maximum Gasteiger partial charge on any atom is 0.235 e. The normalized spacial score (nSPS) is 24.9. The largest absolute Gasteiger partial charge is 0.325 e. The lowest BCUT2D eigenvalue weighted by atomic mass is 9.86. The first kappa shape index (κ1) is 12.9. The number of hydrogen-bond acceptors (Lipinski definition) is 2. The van der Waals surface area contributed by atoms with Crippen molar-refractivity contribution in [3.63, 3.8) is 0 Å². The highest BCUT2D eigenvalue weighted by atomic mass is 16.2. The highest BCUT2D eigenvalue weighted by Gasteiger charge is 2.65. The van der Waals surface area contributed by atoms with Gasteiger partial charge in [0.2, 0.25) is 5.91 Å². The third kappa shape index (κ3) is 1.57. The summed E-state index contributed by atoms with van der Waals surface area (Å²) in [6.07, 6.45) is 0.883. The zero-order valence-electron chi connectivity index (χ0n) is 13.1. The van der Waals surface area contributed by atoms with Crippen LogP contribution in [-0.2, 0) is 10.2 Å². The summed E-state index contributed by atoms with van der Waals surface area (Å²) >= 11 is 0. The number of aromatic amines is 1. The molecule has 0 bridgehead atoms. The summed E-state index contributed by atoms with van der Waals surface area (Å²) in [5.41, 5.74) is 6.23. The average Bonchev–Trinajstić information content (AvgIpc) is 3.12. The summed E-state index contributed by atoms with van der Waals surface area (Å²) in [6.45, 7) is 2.00. The minimum absolute atomic E-state index is 0.143. The number of nitrogens with one attached hydrogen (secondary N) is 2. The minimum Gasteiger partial charge on any atom is -0.325 e. The lowest BCUT2D eigenvalue weighted by molar-refractivity contribution is -0.118. The van der Waals surface area contributed by atoms with Crippen LogP contribution in [0.2, 0.25) is 0 Å². The van der Waals surface area contributed by atoms with Gasteiger partial charge in [0.25, 0.3) is 0 Å². The zero-order chi connectivity index (χ0) is 15.8. The van der Waals surface area contributed by atoms with E-state index < -0.39 is 0 Å². The van der Waals surface area contributed by atoms with Crippen molar-refractivity contribution < 1.29 is 4.79 Å². The summed E-state index contributed by atoms with van der Waals surface area (Å²) in [5, 5.41) is 11.6. The van der Waals surface area contributed by atoms with Gasteiger partial charge in [0, 0.05) is 17.0 Å². The Balaban J connectivity index is 1.62. The zero-order valence-corrected chi connectivity index (χ0v) is 13.1. The lowest BCUT2D eigenvalue weighted by Crippen LogP contribution is -2.21. The molecule has 5 heteroatoms. The Kier molecular flexibility index (Phi) is 2.27. The molecule has 1 aromatic heterocycles. The molecule has 5 rings (SSSR count). The van der Waals surface area contributed by atoms with E-state index in [0.29, 0.717) is 0 Å². The number of H-pyrrole nitrogens is 1. The van der Waals surface area contributed by atoms with Crippen molar-refractivity contribution in [2.75, 3.05) is 5.32 Å². The number of carbonyl (C=O) groups excluding carboxylic acids is 1. The van der Waals surface area contributed by atoms with Crippen LogP contribution in [0.15, 0.2) is 36.4 Å². The molecule has 1 unspecified atom stereocenters. The number of benzene rings is 2. The van der Waals surface area contributed by atoms with E-state index in [4.69, 9.17) is 0 Å². The second-order valence-corrected chi connectivity index (χ2v) is 6.85. The maximum atomic E-state index is 12.6. The van der Waals surface area contributed by atoms with E-state index in [1.165, 1.54) is 11.0 Å². The van der Waals surface area contributed by atoms with Crippen LogP contribution in [-0.4, -0.2) is 24.0 Å². The van der Waals surface area contributed by atoms with E-state index in [9.17, 15) is 4.79 Å². The Morgan fingerprint density at radius 1 is 1.26 bits per heavy atom. The number of aromatic nitrogens is 2. The first-order valence-corrected chi connectivity index (χ1v) is 7.97. The van der Waals surface area contributed by atoms with Gasteiger partial charge < -0.3 is 5.32 Å². The fraction of sp³-hybridized carbons (Fsp3) is 0.222. The summed E-state index contributed by atoms with van der Waals surface area (Å²) in [7, 11) is 2.08. The molecule has 3 aromatic rings. The van der Waals surface area contributed by atoms with Crippen LogP contribution in [0.3, 0.4) is 0 Å². The molecule has 2 aromatic carbocycles. The van der Waals surface area contributed by atoms with Gasteiger partial charge in [0.1, 0.15) is 7.85 Å². The fourth-order valence-corrected chi connectivity index (χ4v) is 4.10. The van der Waals surface area contributed by atoms with E-state index in [1.54, 1.807) is 0 Å². The molecule has 23 heavy (non-hydrogen) atoms.